The van der Waals surface area contributed by atoms with Crippen LogP contribution in [0.3, 0.4) is 0 Å². The molecule has 5 nitrogen and oxygen atoms in total. The third-order valence-electron chi connectivity index (χ3n) is 4.89. The van der Waals surface area contributed by atoms with Gasteiger partial charge in [-0.2, -0.15) is 0 Å². The fourth-order valence-electron chi connectivity index (χ4n) is 3.51. The fourth-order valence-corrected chi connectivity index (χ4v) is 3.51. The zero-order chi connectivity index (χ0) is 17.9. The first-order chi connectivity index (χ1) is 12.7. The van der Waals surface area contributed by atoms with Crippen molar-refractivity contribution >= 4 is 11.6 Å². The van der Waals surface area contributed by atoms with Crippen molar-refractivity contribution in [2.24, 2.45) is 0 Å². The van der Waals surface area contributed by atoms with E-state index in [1.165, 1.54) is 5.56 Å². The SMILES string of the molecule is COc1ccc(CC(=O)N2C[C@@H](n3ccnc3)Cc3ccccc32)cc1. The van der Waals surface area contributed by atoms with Crippen LogP contribution in [0.5, 0.6) is 5.75 Å². The second kappa shape index (κ2) is 7.04. The van der Waals surface area contributed by atoms with Crippen LogP contribution in [-0.4, -0.2) is 29.1 Å². The Hall–Kier alpha value is -3.08. The molecule has 1 atom stereocenters. The van der Waals surface area contributed by atoms with Gasteiger partial charge in [-0.05, 0) is 35.7 Å². The van der Waals surface area contributed by atoms with Gasteiger partial charge in [0.2, 0.25) is 5.91 Å². The molecule has 26 heavy (non-hydrogen) atoms. The highest BCUT2D eigenvalue weighted by molar-refractivity contribution is 5.96. The number of fused-ring (bicyclic) bond motifs is 1. The van der Waals surface area contributed by atoms with Gasteiger partial charge in [0, 0.05) is 24.6 Å². The van der Waals surface area contributed by atoms with Crippen LogP contribution in [0, 0.1) is 0 Å². The van der Waals surface area contributed by atoms with Gasteiger partial charge >= 0.3 is 0 Å². The molecule has 0 unspecified atom stereocenters. The van der Waals surface area contributed by atoms with Crippen molar-refractivity contribution in [3.8, 4) is 5.75 Å². The molecule has 1 aromatic heterocycles. The number of aromatic nitrogens is 2. The van der Waals surface area contributed by atoms with Gasteiger partial charge in [0.25, 0.3) is 0 Å². The van der Waals surface area contributed by atoms with Gasteiger partial charge in [0.05, 0.1) is 25.9 Å². The molecule has 0 spiro atoms. The van der Waals surface area contributed by atoms with E-state index in [4.69, 9.17) is 4.74 Å². The van der Waals surface area contributed by atoms with Gasteiger partial charge in [-0.15, -0.1) is 0 Å². The number of nitrogens with zero attached hydrogens (tertiary/aromatic N) is 3. The minimum Gasteiger partial charge on any atom is -0.497 e. The summed E-state index contributed by atoms with van der Waals surface area (Å²) in [5, 5.41) is 0. The van der Waals surface area contributed by atoms with Crippen molar-refractivity contribution < 1.29 is 9.53 Å². The lowest BCUT2D eigenvalue weighted by Gasteiger charge is -2.35. The summed E-state index contributed by atoms with van der Waals surface area (Å²) in [7, 11) is 1.64. The Morgan fingerprint density at radius 1 is 1.19 bits per heavy atom. The van der Waals surface area contributed by atoms with E-state index in [-0.39, 0.29) is 11.9 Å². The number of benzene rings is 2. The third kappa shape index (κ3) is 3.20. The van der Waals surface area contributed by atoms with Crippen molar-refractivity contribution in [1.82, 2.24) is 9.55 Å². The van der Waals surface area contributed by atoms with E-state index < -0.39 is 0 Å². The Bertz CT molecular complexity index is 888. The molecule has 0 saturated carbocycles. The number of methoxy groups -OCH3 is 1. The number of para-hydroxylation sites is 1. The lowest BCUT2D eigenvalue weighted by molar-refractivity contribution is -0.118. The number of carbonyl (C=O) groups is 1. The van der Waals surface area contributed by atoms with Crippen LogP contribution in [0.4, 0.5) is 5.69 Å². The molecule has 0 radical (unpaired) electrons. The summed E-state index contributed by atoms with van der Waals surface area (Å²) in [6.07, 6.45) is 6.84. The normalized spacial score (nSPS) is 16.2. The number of anilines is 1. The highest BCUT2D eigenvalue weighted by atomic mass is 16.5. The number of hydrogen-bond acceptors (Lipinski definition) is 3. The van der Waals surface area contributed by atoms with E-state index in [0.717, 1.165) is 23.4 Å². The highest BCUT2D eigenvalue weighted by Gasteiger charge is 2.29. The summed E-state index contributed by atoms with van der Waals surface area (Å²) in [4.78, 5) is 19.1. The molecule has 3 aromatic rings. The maximum atomic E-state index is 13.1. The Morgan fingerprint density at radius 3 is 2.73 bits per heavy atom. The minimum absolute atomic E-state index is 0.104. The Kier molecular flexibility index (Phi) is 4.44. The van der Waals surface area contributed by atoms with Crippen molar-refractivity contribution in [2.45, 2.75) is 18.9 Å². The first-order valence-corrected chi connectivity index (χ1v) is 8.73. The lowest BCUT2D eigenvalue weighted by atomic mass is 9.97. The number of ether oxygens (including phenoxy) is 1. The van der Waals surface area contributed by atoms with Gasteiger partial charge in [-0.25, -0.2) is 4.98 Å². The average Bonchev–Trinajstić information content (AvgIpc) is 3.22. The summed E-state index contributed by atoms with van der Waals surface area (Å²) in [5.74, 6) is 0.900. The van der Waals surface area contributed by atoms with Crippen molar-refractivity contribution in [3.63, 3.8) is 0 Å². The van der Waals surface area contributed by atoms with E-state index in [1.54, 1.807) is 13.3 Å². The van der Waals surface area contributed by atoms with Gasteiger partial charge in [-0.1, -0.05) is 30.3 Å². The molecule has 5 heteroatoms. The monoisotopic (exact) mass is 347 g/mol. The summed E-state index contributed by atoms with van der Waals surface area (Å²) >= 11 is 0. The smallest absolute Gasteiger partial charge is 0.231 e. The third-order valence-corrected chi connectivity index (χ3v) is 4.89. The molecular formula is C21H21N3O2. The van der Waals surface area contributed by atoms with Crippen LogP contribution in [0.1, 0.15) is 17.2 Å². The molecule has 1 amide bonds. The van der Waals surface area contributed by atoms with Crippen LogP contribution in [0.2, 0.25) is 0 Å². The summed E-state index contributed by atoms with van der Waals surface area (Å²) in [5.41, 5.74) is 3.20. The molecule has 0 aliphatic carbocycles. The molecule has 0 N–H and O–H groups in total. The first-order valence-electron chi connectivity index (χ1n) is 8.73. The maximum Gasteiger partial charge on any atom is 0.231 e. The molecule has 132 valence electrons. The van der Waals surface area contributed by atoms with Gasteiger partial charge in [0.15, 0.2) is 0 Å². The molecule has 4 rings (SSSR count). The van der Waals surface area contributed by atoms with Crippen LogP contribution in [0.25, 0.3) is 0 Å². The summed E-state index contributed by atoms with van der Waals surface area (Å²) in [6.45, 7) is 0.655. The van der Waals surface area contributed by atoms with Gasteiger partial charge in [0.1, 0.15) is 5.75 Å². The molecule has 2 heterocycles. The number of carbonyl (C=O) groups excluding carboxylic acids is 1. The second-order valence-electron chi connectivity index (χ2n) is 6.53. The van der Waals surface area contributed by atoms with Crippen LogP contribution >= 0.6 is 0 Å². The molecule has 2 aromatic carbocycles. The van der Waals surface area contributed by atoms with E-state index in [2.05, 4.69) is 15.6 Å². The Labute approximate surface area is 152 Å². The van der Waals surface area contributed by atoms with E-state index in [0.29, 0.717) is 13.0 Å². The molecule has 0 bridgehead atoms. The van der Waals surface area contributed by atoms with E-state index in [9.17, 15) is 4.79 Å². The number of amides is 1. The van der Waals surface area contributed by atoms with E-state index >= 15 is 0 Å². The zero-order valence-corrected chi connectivity index (χ0v) is 14.7. The van der Waals surface area contributed by atoms with Crippen molar-refractivity contribution in [3.05, 3.63) is 78.4 Å². The second-order valence-corrected chi connectivity index (χ2v) is 6.53. The Morgan fingerprint density at radius 2 is 2.00 bits per heavy atom. The number of hydrogen-bond donors (Lipinski definition) is 0. The topological polar surface area (TPSA) is 47.4 Å². The fraction of sp³-hybridized carbons (Fsp3) is 0.238. The van der Waals surface area contributed by atoms with Crippen molar-refractivity contribution in [2.75, 3.05) is 18.6 Å². The average molecular weight is 347 g/mol. The molecule has 0 saturated heterocycles. The largest absolute Gasteiger partial charge is 0.497 e. The molecule has 1 aliphatic rings. The van der Waals surface area contributed by atoms with E-state index in [1.807, 2.05) is 59.9 Å². The zero-order valence-electron chi connectivity index (χ0n) is 14.7. The highest BCUT2D eigenvalue weighted by Crippen LogP contribution is 2.32. The summed E-state index contributed by atoms with van der Waals surface area (Å²) < 4.78 is 7.28. The first kappa shape index (κ1) is 16.4. The van der Waals surface area contributed by atoms with Crippen molar-refractivity contribution in [1.29, 1.82) is 0 Å². The van der Waals surface area contributed by atoms with Crippen LogP contribution < -0.4 is 9.64 Å². The minimum atomic E-state index is 0.104. The maximum absolute atomic E-state index is 13.1. The van der Waals surface area contributed by atoms with Gasteiger partial charge in [-0.3, -0.25) is 4.79 Å². The standard InChI is InChI=1S/C21H21N3O2/c1-26-19-8-6-16(7-9-19)12-21(25)24-14-18(23-11-10-22-15-23)13-17-4-2-3-5-20(17)24/h2-11,15,18H,12-14H2,1H3/t18-/m0/s1. The quantitative estimate of drug-likeness (QED) is 0.728. The molecule has 0 fully saturated rings. The Balaban J connectivity index is 1.59. The van der Waals surface area contributed by atoms with Crippen LogP contribution in [-0.2, 0) is 17.6 Å². The number of imidazole rings is 1. The van der Waals surface area contributed by atoms with Crippen LogP contribution in [0.15, 0.2) is 67.3 Å². The predicted octanol–water partition coefficient (Wildman–Crippen LogP) is 3.26. The van der Waals surface area contributed by atoms with Gasteiger partial charge < -0.3 is 14.2 Å². The number of rotatable bonds is 4. The predicted molar refractivity (Wildman–Crippen MR) is 100 cm³/mol. The molecular weight excluding hydrogens is 326 g/mol. The molecule has 1 aliphatic heterocycles. The summed E-state index contributed by atoms with van der Waals surface area (Å²) in [6, 6.07) is 16.0. The lowest BCUT2D eigenvalue weighted by Crippen LogP contribution is -2.41.